The molecular formula is C16H25NO9. The van der Waals surface area contributed by atoms with Crippen molar-refractivity contribution in [3.8, 4) is 0 Å². The molecule has 0 aromatic rings. The third kappa shape index (κ3) is 6.26. The van der Waals surface area contributed by atoms with E-state index in [1.54, 1.807) is 19.0 Å². The van der Waals surface area contributed by atoms with Crippen LogP contribution in [0.4, 0.5) is 0 Å². The van der Waals surface area contributed by atoms with Crippen LogP contribution >= 0.6 is 0 Å². The van der Waals surface area contributed by atoms with Gasteiger partial charge in [0.1, 0.15) is 18.8 Å². The minimum Gasteiger partial charge on any atom is -0.463 e. The van der Waals surface area contributed by atoms with Crippen LogP contribution in [-0.4, -0.2) is 80.1 Å². The number of esters is 4. The molecule has 0 bridgehead atoms. The molecule has 0 saturated carbocycles. The molecule has 0 spiro atoms. The SMILES string of the molecule is CC(=O)OC[C@H]1OC(OC(C)=O)[C@H](N(C)C)[C@@H](OC(C)=O)[C@@H]1OC(C)=O. The Morgan fingerprint density at radius 2 is 1.31 bits per heavy atom. The van der Waals surface area contributed by atoms with Crippen LogP contribution in [0.5, 0.6) is 0 Å². The Hall–Kier alpha value is -2.20. The van der Waals surface area contributed by atoms with Crippen molar-refractivity contribution in [1.82, 2.24) is 4.90 Å². The smallest absolute Gasteiger partial charge is 0.304 e. The molecule has 1 saturated heterocycles. The van der Waals surface area contributed by atoms with E-state index in [9.17, 15) is 19.2 Å². The lowest BCUT2D eigenvalue weighted by atomic mass is 9.95. The summed E-state index contributed by atoms with van der Waals surface area (Å²) < 4.78 is 26.5. The van der Waals surface area contributed by atoms with Gasteiger partial charge in [0.15, 0.2) is 12.2 Å². The van der Waals surface area contributed by atoms with Gasteiger partial charge in [0, 0.05) is 27.7 Å². The first-order valence-corrected chi connectivity index (χ1v) is 7.99. The molecule has 0 amide bonds. The van der Waals surface area contributed by atoms with Gasteiger partial charge in [-0.25, -0.2) is 0 Å². The maximum Gasteiger partial charge on any atom is 0.304 e. The van der Waals surface area contributed by atoms with Crippen molar-refractivity contribution in [2.75, 3.05) is 20.7 Å². The van der Waals surface area contributed by atoms with E-state index in [2.05, 4.69) is 0 Å². The van der Waals surface area contributed by atoms with Gasteiger partial charge in [0.2, 0.25) is 6.29 Å². The number of likely N-dealkylation sites (N-methyl/N-ethyl adjacent to an activating group) is 1. The van der Waals surface area contributed by atoms with Crippen LogP contribution in [0.15, 0.2) is 0 Å². The maximum absolute atomic E-state index is 11.6. The first-order valence-electron chi connectivity index (χ1n) is 7.99. The average Bonchev–Trinajstić information content (AvgIpc) is 2.45. The van der Waals surface area contributed by atoms with E-state index >= 15 is 0 Å². The topological polar surface area (TPSA) is 118 Å². The lowest BCUT2D eigenvalue weighted by Crippen LogP contribution is -2.65. The number of carbonyl (C=O) groups excluding carboxylic acids is 4. The first kappa shape index (κ1) is 21.8. The normalized spacial score (nSPS) is 28.2. The fourth-order valence-electron chi connectivity index (χ4n) is 2.69. The van der Waals surface area contributed by atoms with Crippen LogP contribution in [0, 0.1) is 0 Å². The highest BCUT2D eigenvalue weighted by Gasteiger charge is 2.52. The van der Waals surface area contributed by atoms with Crippen LogP contribution < -0.4 is 0 Å². The second-order valence-corrected chi connectivity index (χ2v) is 6.06. The zero-order valence-corrected chi connectivity index (χ0v) is 15.7. The summed E-state index contributed by atoms with van der Waals surface area (Å²) in [6.07, 6.45) is -4.19. The molecule has 10 nitrogen and oxygen atoms in total. The highest BCUT2D eigenvalue weighted by atomic mass is 16.7. The van der Waals surface area contributed by atoms with Gasteiger partial charge in [-0.15, -0.1) is 0 Å². The largest absolute Gasteiger partial charge is 0.463 e. The minimum absolute atomic E-state index is 0.275. The Bertz CT molecular complexity index is 548. The number of carbonyl (C=O) groups is 4. The molecule has 0 aliphatic carbocycles. The molecule has 1 aliphatic heterocycles. The van der Waals surface area contributed by atoms with Crippen LogP contribution in [0.3, 0.4) is 0 Å². The number of ether oxygens (including phenoxy) is 5. The van der Waals surface area contributed by atoms with E-state index in [-0.39, 0.29) is 6.61 Å². The lowest BCUT2D eigenvalue weighted by Gasteiger charge is -2.46. The van der Waals surface area contributed by atoms with E-state index in [0.717, 1.165) is 0 Å². The summed E-state index contributed by atoms with van der Waals surface area (Å²) in [5.74, 6) is -2.43. The second-order valence-electron chi connectivity index (χ2n) is 6.06. The van der Waals surface area contributed by atoms with Gasteiger partial charge in [0.25, 0.3) is 0 Å². The van der Waals surface area contributed by atoms with Crippen molar-refractivity contribution in [3.63, 3.8) is 0 Å². The third-order valence-electron chi connectivity index (χ3n) is 3.55. The van der Waals surface area contributed by atoms with Gasteiger partial charge in [0.05, 0.1) is 0 Å². The fourth-order valence-corrected chi connectivity index (χ4v) is 2.69. The van der Waals surface area contributed by atoms with E-state index in [1.807, 2.05) is 0 Å². The Balaban J connectivity index is 3.26. The molecule has 1 fully saturated rings. The molecule has 0 aromatic carbocycles. The predicted octanol–water partition coefficient (Wildman–Crippen LogP) is -0.369. The Labute approximate surface area is 151 Å². The number of hydrogen-bond donors (Lipinski definition) is 0. The van der Waals surface area contributed by atoms with Crippen LogP contribution in [0.1, 0.15) is 27.7 Å². The highest BCUT2D eigenvalue weighted by Crippen LogP contribution is 2.30. The van der Waals surface area contributed by atoms with Gasteiger partial charge in [-0.05, 0) is 14.1 Å². The molecule has 5 atom stereocenters. The average molecular weight is 375 g/mol. The lowest BCUT2D eigenvalue weighted by molar-refractivity contribution is -0.282. The maximum atomic E-state index is 11.6. The zero-order chi connectivity index (χ0) is 20.0. The van der Waals surface area contributed by atoms with Crippen LogP contribution in [0.2, 0.25) is 0 Å². The number of hydrogen-bond acceptors (Lipinski definition) is 10. The first-order chi connectivity index (χ1) is 12.0. The third-order valence-corrected chi connectivity index (χ3v) is 3.55. The van der Waals surface area contributed by atoms with E-state index < -0.39 is 54.5 Å². The summed E-state index contributed by atoms with van der Waals surface area (Å²) in [5, 5.41) is 0. The Kier molecular flexibility index (Phi) is 7.97. The monoisotopic (exact) mass is 375 g/mol. The van der Waals surface area contributed by atoms with Gasteiger partial charge >= 0.3 is 23.9 Å². The van der Waals surface area contributed by atoms with Crippen molar-refractivity contribution in [3.05, 3.63) is 0 Å². The summed E-state index contributed by atoms with van der Waals surface area (Å²) in [7, 11) is 3.33. The molecule has 26 heavy (non-hydrogen) atoms. The van der Waals surface area contributed by atoms with E-state index in [4.69, 9.17) is 23.7 Å². The molecule has 0 N–H and O–H groups in total. The van der Waals surface area contributed by atoms with Crippen molar-refractivity contribution < 1.29 is 42.9 Å². The molecule has 0 radical (unpaired) electrons. The standard InChI is InChI=1S/C16H25NO9/c1-8(18)22-7-12-14(23-9(2)19)15(24-10(3)20)13(17(5)6)16(26-12)25-11(4)21/h12-16H,7H2,1-6H3/t12-,13-,14-,15-,16?/m1/s1. The molecule has 1 heterocycles. The van der Waals surface area contributed by atoms with Crippen LogP contribution in [0.25, 0.3) is 0 Å². The van der Waals surface area contributed by atoms with E-state index in [0.29, 0.717) is 0 Å². The number of nitrogens with zero attached hydrogens (tertiary/aromatic N) is 1. The molecule has 148 valence electrons. The summed E-state index contributed by atoms with van der Waals surface area (Å²) >= 11 is 0. The number of rotatable bonds is 6. The van der Waals surface area contributed by atoms with Crippen molar-refractivity contribution in [2.24, 2.45) is 0 Å². The van der Waals surface area contributed by atoms with Gasteiger partial charge < -0.3 is 23.7 Å². The van der Waals surface area contributed by atoms with Gasteiger partial charge in [-0.1, -0.05) is 0 Å². The van der Waals surface area contributed by atoms with Crippen LogP contribution in [-0.2, 0) is 42.9 Å². The van der Waals surface area contributed by atoms with Crippen molar-refractivity contribution >= 4 is 23.9 Å². The van der Waals surface area contributed by atoms with E-state index in [1.165, 1.54) is 27.7 Å². The quantitative estimate of drug-likeness (QED) is 0.449. The van der Waals surface area contributed by atoms with Gasteiger partial charge in [-0.2, -0.15) is 0 Å². The molecule has 1 rings (SSSR count). The molecular weight excluding hydrogens is 350 g/mol. The molecule has 0 aromatic heterocycles. The summed E-state index contributed by atoms with van der Waals surface area (Å²) in [5.41, 5.74) is 0. The summed E-state index contributed by atoms with van der Waals surface area (Å²) in [6.45, 7) is 4.53. The summed E-state index contributed by atoms with van der Waals surface area (Å²) in [4.78, 5) is 47.3. The predicted molar refractivity (Wildman–Crippen MR) is 85.6 cm³/mol. The zero-order valence-electron chi connectivity index (χ0n) is 15.7. The van der Waals surface area contributed by atoms with Crippen molar-refractivity contribution in [2.45, 2.75) is 58.3 Å². The van der Waals surface area contributed by atoms with Gasteiger partial charge in [-0.3, -0.25) is 24.1 Å². The highest BCUT2D eigenvalue weighted by molar-refractivity contribution is 5.68. The molecule has 10 heteroatoms. The minimum atomic E-state index is -1.13. The second kappa shape index (κ2) is 9.48. The molecule has 1 aliphatic rings. The molecule has 1 unspecified atom stereocenters. The summed E-state index contributed by atoms with van der Waals surface area (Å²) in [6, 6.07) is -0.749. The Morgan fingerprint density at radius 1 is 0.808 bits per heavy atom. The fraction of sp³-hybridized carbons (Fsp3) is 0.750. The van der Waals surface area contributed by atoms with Crippen molar-refractivity contribution in [1.29, 1.82) is 0 Å². The Morgan fingerprint density at radius 3 is 1.73 bits per heavy atom.